The molecule has 4 aromatic rings. The Kier molecular flexibility index (Phi) is 8.87. The fraction of sp³-hybridized carbons (Fsp3) is 0.323. The Morgan fingerprint density at radius 1 is 1.02 bits per heavy atom. The van der Waals surface area contributed by atoms with Crippen LogP contribution >= 0.6 is 22.9 Å². The van der Waals surface area contributed by atoms with Crippen LogP contribution in [-0.2, 0) is 13.1 Å². The van der Waals surface area contributed by atoms with E-state index in [0.717, 1.165) is 47.0 Å². The van der Waals surface area contributed by atoms with E-state index >= 15 is 0 Å². The van der Waals surface area contributed by atoms with Crippen LogP contribution in [0.1, 0.15) is 50.5 Å². The number of halogens is 1. The second kappa shape index (κ2) is 12.7. The van der Waals surface area contributed by atoms with Gasteiger partial charge in [-0.2, -0.15) is 0 Å². The molecule has 0 N–H and O–H groups in total. The van der Waals surface area contributed by atoms with Gasteiger partial charge in [0.2, 0.25) is 0 Å². The zero-order valence-electron chi connectivity index (χ0n) is 22.9. The molecule has 0 radical (unpaired) electrons. The first-order valence-corrected chi connectivity index (χ1v) is 14.9. The van der Waals surface area contributed by atoms with Gasteiger partial charge in [-0.15, -0.1) is 11.3 Å². The van der Waals surface area contributed by atoms with Crippen LogP contribution < -0.4 is 4.90 Å². The highest BCUT2D eigenvalue weighted by Gasteiger charge is 2.24. The van der Waals surface area contributed by atoms with Crippen molar-refractivity contribution in [2.24, 2.45) is 0 Å². The molecule has 0 aliphatic carbocycles. The Morgan fingerprint density at radius 3 is 2.58 bits per heavy atom. The lowest BCUT2D eigenvalue weighted by atomic mass is 10.1. The number of anilines is 1. The number of benzene rings is 2. The summed E-state index contributed by atoms with van der Waals surface area (Å²) in [5.41, 5.74) is 4.33. The molecule has 0 spiro atoms. The highest BCUT2D eigenvalue weighted by molar-refractivity contribution is 7.09. The van der Waals surface area contributed by atoms with Crippen LogP contribution in [0.5, 0.6) is 0 Å². The summed E-state index contributed by atoms with van der Waals surface area (Å²) in [6.07, 6.45) is 2.89. The molecule has 0 atom stereocenters. The third-order valence-electron chi connectivity index (χ3n) is 7.25. The average Bonchev–Trinajstić information content (AvgIpc) is 3.62. The minimum absolute atomic E-state index is 0.0288. The fourth-order valence-electron chi connectivity index (χ4n) is 5.08. The Bertz CT molecular complexity index is 1470. The zero-order chi connectivity index (χ0) is 28.1. The number of amides is 2. The van der Waals surface area contributed by atoms with Crippen LogP contribution in [-0.4, -0.2) is 63.9 Å². The molecule has 40 heavy (non-hydrogen) atoms. The van der Waals surface area contributed by atoms with Gasteiger partial charge < -0.3 is 19.3 Å². The molecule has 2 aromatic carbocycles. The van der Waals surface area contributed by atoms with Gasteiger partial charge in [0.15, 0.2) is 0 Å². The van der Waals surface area contributed by atoms with Crippen LogP contribution in [0.2, 0.25) is 5.02 Å². The topological polar surface area (TPSA) is 61.7 Å². The molecule has 1 aliphatic rings. The van der Waals surface area contributed by atoms with E-state index in [0.29, 0.717) is 43.4 Å². The number of carbonyl (C=O) groups excluding carboxylic acids is 2. The summed E-state index contributed by atoms with van der Waals surface area (Å²) >= 11 is 7.65. The van der Waals surface area contributed by atoms with Gasteiger partial charge >= 0.3 is 0 Å². The number of hydrogen-bond donors (Lipinski definition) is 0. The summed E-state index contributed by atoms with van der Waals surface area (Å²) in [4.78, 5) is 37.3. The molecule has 0 saturated carbocycles. The molecule has 1 saturated heterocycles. The van der Waals surface area contributed by atoms with Crippen molar-refractivity contribution >= 4 is 40.4 Å². The largest absolute Gasteiger partial charge is 0.368 e. The Morgan fingerprint density at radius 2 is 1.82 bits per heavy atom. The summed E-state index contributed by atoms with van der Waals surface area (Å²) in [5, 5.41) is 3.44. The molecular formula is C31H34ClN5O2S. The van der Waals surface area contributed by atoms with E-state index in [1.54, 1.807) is 0 Å². The van der Waals surface area contributed by atoms with E-state index in [-0.39, 0.29) is 11.8 Å². The van der Waals surface area contributed by atoms with Crippen molar-refractivity contribution in [3.8, 4) is 0 Å². The van der Waals surface area contributed by atoms with Crippen molar-refractivity contribution in [3.05, 3.63) is 105 Å². The predicted octanol–water partition coefficient (Wildman–Crippen LogP) is 5.97. The van der Waals surface area contributed by atoms with Crippen molar-refractivity contribution in [3.63, 3.8) is 0 Å². The SMILES string of the molecule is CCCN(Cc1cccn1Cc1nc(C(=O)N2CCN(c3cccc(Cl)c3)CC2)cs1)C(=O)c1ccccc1C. The van der Waals surface area contributed by atoms with Crippen molar-refractivity contribution in [2.45, 2.75) is 33.4 Å². The molecule has 0 unspecified atom stereocenters. The minimum Gasteiger partial charge on any atom is -0.368 e. The van der Waals surface area contributed by atoms with Crippen LogP contribution in [0.25, 0.3) is 0 Å². The van der Waals surface area contributed by atoms with Gasteiger partial charge in [-0.3, -0.25) is 9.59 Å². The molecule has 2 aromatic heterocycles. The molecule has 1 fully saturated rings. The average molecular weight is 576 g/mol. The van der Waals surface area contributed by atoms with Gasteiger partial charge in [-0.1, -0.05) is 42.8 Å². The Balaban J connectivity index is 1.21. The summed E-state index contributed by atoms with van der Waals surface area (Å²) in [5.74, 6) is 0.0178. The Hall–Kier alpha value is -3.62. The number of piperazine rings is 1. The first-order valence-electron chi connectivity index (χ1n) is 13.7. The summed E-state index contributed by atoms with van der Waals surface area (Å²) in [6.45, 7) is 8.60. The van der Waals surface area contributed by atoms with E-state index in [2.05, 4.69) is 16.4 Å². The maximum absolute atomic E-state index is 13.4. The van der Waals surface area contributed by atoms with Crippen molar-refractivity contribution in [1.82, 2.24) is 19.4 Å². The second-order valence-corrected chi connectivity index (χ2v) is 11.4. The second-order valence-electron chi connectivity index (χ2n) is 10.1. The number of nitrogens with zero attached hydrogens (tertiary/aromatic N) is 5. The molecule has 3 heterocycles. The van der Waals surface area contributed by atoms with E-state index in [1.165, 1.54) is 11.3 Å². The van der Waals surface area contributed by atoms with Crippen LogP contribution in [0.4, 0.5) is 5.69 Å². The maximum atomic E-state index is 13.4. The van der Waals surface area contributed by atoms with Crippen molar-refractivity contribution in [2.75, 3.05) is 37.6 Å². The summed E-state index contributed by atoms with van der Waals surface area (Å²) in [7, 11) is 0. The minimum atomic E-state index is -0.0288. The van der Waals surface area contributed by atoms with E-state index in [4.69, 9.17) is 16.6 Å². The normalized spacial score (nSPS) is 13.5. The van der Waals surface area contributed by atoms with E-state index < -0.39 is 0 Å². The van der Waals surface area contributed by atoms with Gasteiger partial charge in [-0.05, 0) is 55.3 Å². The van der Waals surface area contributed by atoms with E-state index in [1.807, 2.05) is 89.0 Å². The lowest BCUT2D eigenvalue weighted by molar-refractivity contribution is 0.0732. The van der Waals surface area contributed by atoms with Crippen LogP contribution in [0.3, 0.4) is 0 Å². The fourth-order valence-corrected chi connectivity index (χ4v) is 6.03. The van der Waals surface area contributed by atoms with Gasteiger partial charge in [0.25, 0.3) is 11.8 Å². The number of carbonyl (C=O) groups is 2. The van der Waals surface area contributed by atoms with Gasteiger partial charge in [0, 0.05) is 66.3 Å². The third-order valence-corrected chi connectivity index (χ3v) is 8.32. The summed E-state index contributed by atoms with van der Waals surface area (Å²) in [6, 6.07) is 19.6. The number of aryl methyl sites for hydroxylation is 1. The van der Waals surface area contributed by atoms with Crippen molar-refractivity contribution < 1.29 is 9.59 Å². The van der Waals surface area contributed by atoms with Crippen molar-refractivity contribution in [1.29, 1.82) is 0 Å². The van der Waals surface area contributed by atoms with Gasteiger partial charge in [-0.25, -0.2) is 4.98 Å². The standard InChI is InChI=1S/C31H34ClN5O2S/c1-3-13-37(30(38)27-12-5-4-8-23(27)2)20-26-11-7-14-36(26)21-29-33-28(22-40-29)31(39)35-17-15-34(16-18-35)25-10-6-9-24(32)19-25/h4-12,14,19,22H,3,13,15-18,20-21H2,1-2H3. The molecular weight excluding hydrogens is 542 g/mol. The van der Waals surface area contributed by atoms with Gasteiger partial charge in [0.05, 0.1) is 13.1 Å². The number of hydrogen-bond acceptors (Lipinski definition) is 5. The van der Waals surface area contributed by atoms with E-state index in [9.17, 15) is 9.59 Å². The monoisotopic (exact) mass is 575 g/mol. The highest BCUT2D eigenvalue weighted by atomic mass is 35.5. The molecule has 1 aliphatic heterocycles. The first kappa shape index (κ1) is 27.9. The lowest BCUT2D eigenvalue weighted by Crippen LogP contribution is -2.48. The predicted molar refractivity (Wildman–Crippen MR) is 161 cm³/mol. The number of aromatic nitrogens is 2. The van der Waals surface area contributed by atoms with Crippen LogP contribution in [0.15, 0.2) is 72.2 Å². The molecule has 2 amide bonds. The summed E-state index contributed by atoms with van der Waals surface area (Å²) < 4.78 is 2.12. The highest BCUT2D eigenvalue weighted by Crippen LogP contribution is 2.22. The van der Waals surface area contributed by atoms with Gasteiger partial charge in [0.1, 0.15) is 10.7 Å². The third kappa shape index (κ3) is 6.40. The molecule has 5 rings (SSSR count). The van der Waals surface area contributed by atoms with Crippen LogP contribution in [0, 0.1) is 6.92 Å². The quantitative estimate of drug-likeness (QED) is 0.247. The zero-order valence-corrected chi connectivity index (χ0v) is 24.5. The molecule has 208 valence electrons. The smallest absolute Gasteiger partial charge is 0.273 e. The first-order chi connectivity index (χ1) is 19.4. The Labute approximate surface area is 244 Å². The number of thiazole rings is 1. The number of rotatable bonds is 9. The molecule has 9 heteroatoms. The lowest BCUT2D eigenvalue weighted by Gasteiger charge is -2.35. The maximum Gasteiger partial charge on any atom is 0.273 e. The molecule has 7 nitrogen and oxygen atoms in total. The molecule has 0 bridgehead atoms.